The maximum Gasteiger partial charge on any atom is 0.298 e. The second kappa shape index (κ2) is 9.29. The summed E-state index contributed by atoms with van der Waals surface area (Å²) in [6.07, 6.45) is 8.24. The zero-order valence-electron chi connectivity index (χ0n) is 18.3. The van der Waals surface area contributed by atoms with Gasteiger partial charge < -0.3 is 21.9 Å². The van der Waals surface area contributed by atoms with E-state index in [1.165, 1.54) is 12.4 Å². The van der Waals surface area contributed by atoms with Gasteiger partial charge in [-0.2, -0.15) is 4.99 Å². The Morgan fingerprint density at radius 2 is 1.79 bits per heavy atom. The average Bonchev–Trinajstić information content (AvgIpc) is 2.78. The van der Waals surface area contributed by atoms with Crippen molar-refractivity contribution < 1.29 is 9.90 Å². The Morgan fingerprint density at radius 3 is 2.33 bits per heavy atom. The zero-order valence-corrected chi connectivity index (χ0v) is 18.3. The number of hydrogen-bond donors (Lipinski definition) is 4. The second-order valence-corrected chi connectivity index (χ2v) is 8.16. The molecule has 2 heterocycles. The number of aliphatic hydroxyl groups excluding tert-OH is 1. The number of aliphatic imine (C=N–C) groups is 1. The summed E-state index contributed by atoms with van der Waals surface area (Å²) >= 11 is 0. The van der Waals surface area contributed by atoms with Crippen LogP contribution in [0.5, 0.6) is 0 Å². The molecule has 1 aliphatic carbocycles. The molecule has 0 aliphatic heterocycles. The fourth-order valence-corrected chi connectivity index (χ4v) is 3.75. The first-order valence-electron chi connectivity index (χ1n) is 10.7. The van der Waals surface area contributed by atoms with Crippen LogP contribution in [0.3, 0.4) is 0 Å². The van der Waals surface area contributed by atoms with E-state index in [1.54, 1.807) is 19.3 Å². The van der Waals surface area contributed by atoms with Crippen molar-refractivity contribution >= 4 is 23.5 Å². The van der Waals surface area contributed by atoms with Crippen molar-refractivity contribution in [3.05, 3.63) is 60.3 Å². The topological polar surface area (TPSA) is 165 Å². The number of benzene rings is 1. The third kappa shape index (κ3) is 4.80. The van der Waals surface area contributed by atoms with E-state index in [0.29, 0.717) is 12.4 Å². The van der Waals surface area contributed by atoms with Gasteiger partial charge in [-0.3, -0.25) is 4.79 Å². The van der Waals surface area contributed by atoms with Crippen molar-refractivity contribution in [2.45, 2.75) is 37.7 Å². The van der Waals surface area contributed by atoms with Crippen molar-refractivity contribution in [2.75, 3.05) is 17.6 Å². The normalized spacial score (nSPS) is 16.0. The van der Waals surface area contributed by atoms with E-state index < -0.39 is 17.4 Å². The average molecular weight is 447 g/mol. The van der Waals surface area contributed by atoms with Crippen LogP contribution in [-0.4, -0.2) is 49.4 Å². The molecule has 10 nitrogen and oxygen atoms in total. The van der Waals surface area contributed by atoms with Crippen molar-refractivity contribution in [2.24, 2.45) is 10.7 Å². The standard InChI is InChI=1S/C23H26N8O2/c1-14(32)9-27-19-13-26-18(12-28-19)20(33)31-21(24)23(7-2-8-23)17-5-3-15(4-6-17)16-10-29-22(25)30-11-16/h3-6,10-14,32H,2,7-9H2,1H3,(H,27,28)(H2,24,31,33)(H2,25,29,30). The van der Waals surface area contributed by atoms with Gasteiger partial charge in [-0.05, 0) is 30.9 Å². The lowest BCUT2D eigenvalue weighted by molar-refractivity contribution is 0.0996. The van der Waals surface area contributed by atoms with Gasteiger partial charge in [0.15, 0.2) is 0 Å². The van der Waals surface area contributed by atoms with E-state index in [0.717, 1.165) is 36.0 Å². The molecule has 1 amide bonds. The molecular formula is C23H26N8O2. The number of nitrogens with one attached hydrogen (secondary N) is 1. The highest BCUT2D eigenvalue weighted by atomic mass is 16.3. The van der Waals surface area contributed by atoms with Crippen molar-refractivity contribution in [3.8, 4) is 11.1 Å². The Labute approximate surface area is 191 Å². The van der Waals surface area contributed by atoms with Crippen molar-refractivity contribution in [3.63, 3.8) is 0 Å². The van der Waals surface area contributed by atoms with Crippen LogP contribution in [0.2, 0.25) is 0 Å². The maximum atomic E-state index is 12.7. The number of carbonyl (C=O) groups excluding carboxylic acids is 1. The highest BCUT2D eigenvalue weighted by molar-refractivity contribution is 6.05. The molecule has 3 aromatic rings. The number of nitrogen functional groups attached to an aromatic ring is 1. The van der Waals surface area contributed by atoms with E-state index in [4.69, 9.17) is 11.5 Å². The molecule has 0 saturated heterocycles. The van der Waals surface area contributed by atoms with Gasteiger partial charge in [0.05, 0.1) is 23.9 Å². The maximum absolute atomic E-state index is 12.7. The molecule has 0 radical (unpaired) electrons. The number of nitrogens with two attached hydrogens (primary N) is 2. The molecule has 1 aliphatic rings. The molecule has 33 heavy (non-hydrogen) atoms. The summed E-state index contributed by atoms with van der Waals surface area (Å²) in [7, 11) is 0. The summed E-state index contributed by atoms with van der Waals surface area (Å²) in [6, 6.07) is 7.95. The quantitative estimate of drug-likeness (QED) is 0.313. The minimum atomic E-state index is -0.538. The van der Waals surface area contributed by atoms with E-state index >= 15 is 0 Å². The van der Waals surface area contributed by atoms with Crippen LogP contribution in [0.25, 0.3) is 11.1 Å². The summed E-state index contributed by atoms with van der Waals surface area (Å²) in [6.45, 7) is 1.99. The van der Waals surface area contributed by atoms with Gasteiger partial charge in [0.2, 0.25) is 5.95 Å². The minimum Gasteiger partial charge on any atom is -0.392 e. The summed E-state index contributed by atoms with van der Waals surface area (Å²) in [5.41, 5.74) is 14.4. The molecule has 0 bridgehead atoms. The number of carbonyl (C=O) groups is 1. The summed E-state index contributed by atoms with van der Waals surface area (Å²) < 4.78 is 0. The number of nitrogens with zero attached hydrogens (tertiary/aromatic N) is 5. The Balaban J connectivity index is 1.51. The third-order valence-electron chi connectivity index (χ3n) is 5.81. The van der Waals surface area contributed by atoms with Crippen LogP contribution in [0.15, 0.2) is 54.0 Å². The monoisotopic (exact) mass is 446 g/mol. The molecule has 0 spiro atoms. The first-order valence-corrected chi connectivity index (χ1v) is 10.7. The molecule has 10 heteroatoms. The molecule has 6 N–H and O–H groups in total. The van der Waals surface area contributed by atoms with Gasteiger partial charge in [-0.1, -0.05) is 30.7 Å². The van der Waals surface area contributed by atoms with Crippen molar-refractivity contribution in [1.82, 2.24) is 19.9 Å². The van der Waals surface area contributed by atoms with Crippen molar-refractivity contribution in [1.29, 1.82) is 0 Å². The largest absolute Gasteiger partial charge is 0.392 e. The highest BCUT2D eigenvalue weighted by Gasteiger charge is 2.43. The Kier molecular flexibility index (Phi) is 6.27. The lowest BCUT2D eigenvalue weighted by Gasteiger charge is -2.41. The van der Waals surface area contributed by atoms with Gasteiger partial charge in [0.1, 0.15) is 17.3 Å². The van der Waals surface area contributed by atoms with Crippen LogP contribution >= 0.6 is 0 Å². The number of aromatic nitrogens is 4. The van der Waals surface area contributed by atoms with Crippen LogP contribution in [0.1, 0.15) is 42.2 Å². The summed E-state index contributed by atoms with van der Waals surface area (Å²) in [5.74, 6) is 0.434. The third-order valence-corrected chi connectivity index (χ3v) is 5.81. The highest BCUT2D eigenvalue weighted by Crippen LogP contribution is 2.44. The van der Waals surface area contributed by atoms with E-state index in [-0.39, 0.29) is 17.5 Å². The summed E-state index contributed by atoms with van der Waals surface area (Å²) in [5, 5.41) is 12.3. The molecule has 1 atom stereocenters. The van der Waals surface area contributed by atoms with Gasteiger partial charge in [-0.25, -0.2) is 19.9 Å². The number of anilines is 2. The van der Waals surface area contributed by atoms with Crippen LogP contribution in [-0.2, 0) is 5.41 Å². The Morgan fingerprint density at radius 1 is 1.09 bits per heavy atom. The number of rotatable bonds is 7. The van der Waals surface area contributed by atoms with Gasteiger partial charge >= 0.3 is 0 Å². The van der Waals surface area contributed by atoms with E-state index in [2.05, 4.69) is 30.2 Å². The second-order valence-electron chi connectivity index (χ2n) is 8.16. The predicted octanol–water partition coefficient (Wildman–Crippen LogP) is 1.93. The van der Waals surface area contributed by atoms with E-state index in [9.17, 15) is 9.90 Å². The van der Waals surface area contributed by atoms with Crippen LogP contribution < -0.4 is 16.8 Å². The number of aliphatic hydroxyl groups is 1. The molecule has 2 aromatic heterocycles. The number of amides is 1. The first-order chi connectivity index (χ1) is 15.9. The number of hydrogen-bond acceptors (Lipinski definition) is 8. The molecule has 1 fully saturated rings. The fourth-order valence-electron chi connectivity index (χ4n) is 3.75. The Hall–Kier alpha value is -3.92. The summed E-state index contributed by atoms with van der Waals surface area (Å²) in [4.78, 5) is 33.2. The predicted molar refractivity (Wildman–Crippen MR) is 126 cm³/mol. The van der Waals surface area contributed by atoms with E-state index in [1.807, 2.05) is 24.3 Å². The number of amidine groups is 1. The molecule has 1 saturated carbocycles. The Bertz CT molecular complexity index is 1140. The fraction of sp³-hybridized carbons (Fsp3) is 0.304. The molecule has 1 unspecified atom stereocenters. The van der Waals surface area contributed by atoms with Crippen LogP contribution in [0.4, 0.5) is 11.8 Å². The lowest BCUT2D eigenvalue weighted by Crippen LogP contribution is -2.47. The molecule has 170 valence electrons. The van der Waals surface area contributed by atoms with Gasteiger partial charge in [0, 0.05) is 24.5 Å². The molecule has 4 rings (SSSR count). The first kappa shape index (κ1) is 22.3. The smallest absolute Gasteiger partial charge is 0.298 e. The molecule has 1 aromatic carbocycles. The SMILES string of the molecule is CC(O)CNc1cnc(C(=O)N=C(N)C2(c3ccc(-c4cnc(N)nc4)cc3)CCC2)cn1. The zero-order chi connectivity index (χ0) is 23.4. The lowest BCUT2D eigenvalue weighted by atomic mass is 9.63. The van der Waals surface area contributed by atoms with Crippen LogP contribution in [0, 0.1) is 0 Å². The minimum absolute atomic E-state index is 0.105. The van der Waals surface area contributed by atoms with Gasteiger partial charge in [-0.15, -0.1) is 0 Å². The van der Waals surface area contributed by atoms with Gasteiger partial charge in [0.25, 0.3) is 5.91 Å². The molecular weight excluding hydrogens is 420 g/mol.